The van der Waals surface area contributed by atoms with Gasteiger partial charge in [0.1, 0.15) is 0 Å². The van der Waals surface area contributed by atoms with Crippen molar-refractivity contribution in [3.05, 3.63) is 145 Å². The topological polar surface area (TPSA) is 61.4 Å². The molecule has 244 valence electrons. The second-order valence-corrected chi connectivity index (χ2v) is 12.7. The molecule has 6 heteroatoms. The van der Waals surface area contributed by atoms with E-state index in [9.17, 15) is 0 Å². The standard InChI is InChI=1S/C43H42N6/c1-4-6-15-32-22-24-34(25-23-32)40-44-46-42(48(40)38-18-9-7-10-19-38)36-16-13-17-37(30-36)43-47-45-41(49(43)39-20-11-8-12-21-39)35-28-26-33(27-29-35)31(3)14-5-2/h7-13,16-31H,4-6,14-15H2,1-3H3/t31-/m1/s1. The van der Waals surface area contributed by atoms with Gasteiger partial charge in [-0.3, -0.25) is 9.13 Å². The van der Waals surface area contributed by atoms with Gasteiger partial charge in [0.15, 0.2) is 23.3 Å². The Morgan fingerprint density at radius 3 is 1.43 bits per heavy atom. The van der Waals surface area contributed by atoms with E-state index in [1.165, 1.54) is 36.8 Å². The zero-order chi connectivity index (χ0) is 33.6. The molecule has 7 rings (SSSR count). The number of benzene rings is 5. The highest BCUT2D eigenvalue weighted by molar-refractivity contribution is 5.73. The predicted octanol–water partition coefficient (Wildman–Crippen LogP) is 10.8. The van der Waals surface area contributed by atoms with E-state index in [-0.39, 0.29) is 0 Å². The third kappa shape index (κ3) is 6.72. The third-order valence-electron chi connectivity index (χ3n) is 9.22. The van der Waals surface area contributed by atoms with E-state index in [0.717, 1.165) is 63.3 Å². The second kappa shape index (κ2) is 14.7. The van der Waals surface area contributed by atoms with Crippen molar-refractivity contribution in [3.8, 4) is 56.9 Å². The smallest absolute Gasteiger partial charge is 0.168 e. The van der Waals surface area contributed by atoms with Gasteiger partial charge >= 0.3 is 0 Å². The molecule has 0 bridgehead atoms. The van der Waals surface area contributed by atoms with E-state index in [1.807, 2.05) is 24.3 Å². The minimum atomic E-state index is 0.521. The zero-order valence-corrected chi connectivity index (χ0v) is 28.5. The van der Waals surface area contributed by atoms with E-state index in [4.69, 9.17) is 20.4 Å². The normalized spacial score (nSPS) is 11.9. The van der Waals surface area contributed by atoms with Gasteiger partial charge in [0.05, 0.1) is 0 Å². The fraction of sp³-hybridized carbons (Fsp3) is 0.209. The fourth-order valence-electron chi connectivity index (χ4n) is 6.52. The van der Waals surface area contributed by atoms with Gasteiger partial charge in [0, 0.05) is 33.6 Å². The van der Waals surface area contributed by atoms with Crippen LogP contribution in [0.4, 0.5) is 0 Å². The van der Waals surface area contributed by atoms with Crippen molar-refractivity contribution in [1.82, 2.24) is 29.5 Å². The van der Waals surface area contributed by atoms with Gasteiger partial charge in [-0.2, -0.15) is 0 Å². The second-order valence-electron chi connectivity index (χ2n) is 12.7. The van der Waals surface area contributed by atoms with Gasteiger partial charge in [-0.15, -0.1) is 20.4 Å². The number of unbranched alkanes of at least 4 members (excludes halogenated alkanes) is 1. The number of aromatic nitrogens is 6. The number of nitrogens with zero attached hydrogens (tertiary/aromatic N) is 6. The van der Waals surface area contributed by atoms with E-state index in [1.54, 1.807) is 0 Å². The third-order valence-corrected chi connectivity index (χ3v) is 9.22. The molecule has 2 aromatic heterocycles. The Kier molecular flexibility index (Phi) is 9.55. The van der Waals surface area contributed by atoms with Crippen LogP contribution in [0.25, 0.3) is 56.9 Å². The van der Waals surface area contributed by atoms with E-state index >= 15 is 0 Å². The molecule has 0 radical (unpaired) electrons. The molecule has 0 amide bonds. The summed E-state index contributed by atoms with van der Waals surface area (Å²) >= 11 is 0. The molecule has 0 N–H and O–H groups in total. The molecule has 1 atom stereocenters. The molecule has 0 aliphatic carbocycles. The summed E-state index contributed by atoms with van der Waals surface area (Å²) in [5.74, 6) is 3.66. The maximum absolute atomic E-state index is 4.79. The lowest BCUT2D eigenvalue weighted by Crippen LogP contribution is -2.02. The van der Waals surface area contributed by atoms with E-state index in [0.29, 0.717) is 5.92 Å². The highest BCUT2D eigenvalue weighted by Gasteiger charge is 2.21. The van der Waals surface area contributed by atoms with Gasteiger partial charge in [-0.25, -0.2) is 0 Å². The van der Waals surface area contributed by atoms with Crippen LogP contribution in [0.2, 0.25) is 0 Å². The van der Waals surface area contributed by atoms with Crippen LogP contribution in [-0.4, -0.2) is 29.5 Å². The molecule has 6 nitrogen and oxygen atoms in total. The molecule has 49 heavy (non-hydrogen) atoms. The van der Waals surface area contributed by atoms with Crippen molar-refractivity contribution >= 4 is 0 Å². The monoisotopic (exact) mass is 642 g/mol. The predicted molar refractivity (Wildman–Crippen MR) is 200 cm³/mol. The summed E-state index contributed by atoms with van der Waals surface area (Å²) in [5.41, 5.74) is 8.64. The highest BCUT2D eigenvalue weighted by Crippen LogP contribution is 2.34. The summed E-state index contributed by atoms with van der Waals surface area (Å²) in [6.45, 7) is 6.76. The maximum atomic E-state index is 4.79. The Labute approximate surface area is 289 Å². The van der Waals surface area contributed by atoms with Gasteiger partial charge in [-0.05, 0) is 66.6 Å². The minimum Gasteiger partial charge on any atom is -0.275 e. The SMILES string of the molecule is CCCCc1ccc(-c2nnc(-c3cccc(-c4nnc(-c5ccc([C@H](C)CCC)cc5)n4-c4ccccc4)c3)n2-c2ccccc2)cc1. The van der Waals surface area contributed by atoms with Crippen LogP contribution in [0.5, 0.6) is 0 Å². The Hall–Kier alpha value is -5.62. The molecule has 0 saturated heterocycles. The Morgan fingerprint density at radius 1 is 0.490 bits per heavy atom. The van der Waals surface area contributed by atoms with Crippen LogP contribution in [0, 0.1) is 0 Å². The Bertz CT molecular complexity index is 2110. The van der Waals surface area contributed by atoms with Crippen LogP contribution in [0.15, 0.2) is 133 Å². The molecule has 0 saturated carbocycles. The summed E-state index contributed by atoms with van der Waals surface area (Å²) in [6.07, 6.45) is 5.79. The van der Waals surface area contributed by atoms with Crippen LogP contribution in [0.1, 0.15) is 63.5 Å². The first-order valence-electron chi connectivity index (χ1n) is 17.5. The molecule has 0 spiro atoms. The quantitative estimate of drug-likeness (QED) is 0.133. The number of aryl methyl sites for hydroxylation is 1. The van der Waals surface area contributed by atoms with E-state index < -0.39 is 0 Å². The first kappa shape index (κ1) is 32.0. The van der Waals surface area contributed by atoms with Gasteiger partial charge in [0.25, 0.3) is 0 Å². The number of hydrogen-bond acceptors (Lipinski definition) is 4. The minimum absolute atomic E-state index is 0.521. The average Bonchev–Trinajstić information content (AvgIpc) is 3.81. The number of para-hydroxylation sites is 2. The van der Waals surface area contributed by atoms with Gasteiger partial charge in [0.2, 0.25) is 0 Å². The van der Waals surface area contributed by atoms with Crippen LogP contribution in [-0.2, 0) is 6.42 Å². The zero-order valence-electron chi connectivity index (χ0n) is 28.5. The number of hydrogen-bond donors (Lipinski definition) is 0. The highest BCUT2D eigenvalue weighted by atomic mass is 15.3. The average molecular weight is 643 g/mol. The number of rotatable bonds is 12. The van der Waals surface area contributed by atoms with Crippen molar-refractivity contribution in [2.45, 2.75) is 58.8 Å². The fourth-order valence-corrected chi connectivity index (χ4v) is 6.52. The van der Waals surface area contributed by atoms with Crippen molar-refractivity contribution in [3.63, 3.8) is 0 Å². The molecule has 0 unspecified atom stereocenters. The Balaban J connectivity index is 1.31. The first-order chi connectivity index (χ1) is 24.1. The summed E-state index contributed by atoms with van der Waals surface area (Å²) in [7, 11) is 0. The summed E-state index contributed by atoms with van der Waals surface area (Å²) in [4.78, 5) is 0. The lowest BCUT2D eigenvalue weighted by Gasteiger charge is -2.14. The van der Waals surface area contributed by atoms with Crippen LogP contribution < -0.4 is 0 Å². The molecule has 0 fully saturated rings. The summed E-state index contributed by atoms with van der Waals surface area (Å²) in [5, 5.41) is 19.1. The van der Waals surface area contributed by atoms with Crippen LogP contribution in [0.3, 0.4) is 0 Å². The molecule has 0 aliphatic rings. The van der Waals surface area contributed by atoms with Crippen LogP contribution >= 0.6 is 0 Å². The summed E-state index contributed by atoms with van der Waals surface area (Å²) in [6, 6.07) is 46.6. The lowest BCUT2D eigenvalue weighted by atomic mass is 9.95. The van der Waals surface area contributed by atoms with Gasteiger partial charge in [-0.1, -0.05) is 137 Å². The summed E-state index contributed by atoms with van der Waals surface area (Å²) < 4.78 is 4.30. The first-order valence-corrected chi connectivity index (χ1v) is 17.5. The molecular formula is C43H42N6. The molecule has 5 aromatic carbocycles. The van der Waals surface area contributed by atoms with E-state index in [2.05, 4.69) is 139 Å². The van der Waals surface area contributed by atoms with Gasteiger partial charge < -0.3 is 0 Å². The van der Waals surface area contributed by atoms with Crippen molar-refractivity contribution < 1.29 is 0 Å². The molecular weight excluding hydrogens is 601 g/mol. The molecule has 2 heterocycles. The molecule has 7 aromatic rings. The molecule has 0 aliphatic heterocycles. The Morgan fingerprint density at radius 2 is 0.959 bits per heavy atom. The van der Waals surface area contributed by atoms with Crippen molar-refractivity contribution in [2.75, 3.05) is 0 Å². The van der Waals surface area contributed by atoms with Crippen molar-refractivity contribution in [2.24, 2.45) is 0 Å². The van der Waals surface area contributed by atoms with Crippen molar-refractivity contribution in [1.29, 1.82) is 0 Å². The maximum Gasteiger partial charge on any atom is 0.168 e. The lowest BCUT2D eigenvalue weighted by molar-refractivity contribution is 0.665. The largest absolute Gasteiger partial charge is 0.275 e.